The minimum absolute atomic E-state index is 0.239. The quantitative estimate of drug-likeness (QED) is 0.714. The summed E-state index contributed by atoms with van der Waals surface area (Å²) in [5, 5.41) is 10.9. The van der Waals surface area contributed by atoms with Gasteiger partial charge in [0.05, 0.1) is 34.8 Å². The van der Waals surface area contributed by atoms with Gasteiger partial charge >= 0.3 is 0 Å². The number of hydrogen-bond donors (Lipinski definition) is 2. The van der Waals surface area contributed by atoms with Crippen molar-refractivity contribution in [3.63, 3.8) is 0 Å². The molecule has 1 saturated heterocycles. The van der Waals surface area contributed by atoms with Gasteiger partial charge in [0, 0.05) is 24.5 Å². The maximum Gasteiger partial charge on any atom is 0.153 e. The first-order chi connectivity index (χ1) is 12.7. The summed E-state index contributed by atoms with van der Waals surface area (Å²) < 4.78 is 0. The average molecular weight is 370 g/mol. The lowest BCUT2D eigenvalue weighted by Crippen LogP contribution is -2.24. The molecule has 1 aliphatic heterocycles. The summed E-state index contributed by atoms with van der Waals surface area (Å²) in [6.07, 6.45) is 7.45. The number of rotatable bonds is 5. The van der Waals surface area contributed by atoms with Crippen molar-refractivity contribution < 1.29 is 0 Å². The fourth-order valence-corrected chi connectivity index (χ4v) is 3.39. The van der Waals surface area contributed by atoms with E-state index in [0.29, 0.717) is 10.8 Å². The van der Waals surface area contributed by atoms with E-state index in [2.05, 4.69) is 30.4 Å². The van der Waals surface area contributed by atoms with Crippen LogP contribution in [0.3, 0.4) is 0 Å². The van der Waals surface area contributed by atoms with Crippen LogP contribution >= 0.6 is 11.6 Å². The third-order valence-electron chi connectivity index (χ3n) is 4.47. The van der Waals surface area contributed by atoms with E-state index in [9.17, 15) is 0 Å². The van der Waals surface area contributed by atoms with Gasteiger partial charge in [-0.1, -0.05) is 11.6 Å². The van der Waals surface area contributed by atoms with Gasteiger partial charge in [-0.3, -0.25) is 20.0 Å². The largest absolute Gasteiger partial charge is 0.322 e. The molecule has 3 aromatic heterocycles. The first-order valence-corrected chi connectivity index (χ1v) is 9.00. The zero-order valence-corrected chi connectivity index (χ0v) is 15.2. The Bertz CT molecular complexity index is 877. The summed E-state index contributed by atoms with van der Waals surface area (Å²) in [5.41, 5.74) is 2.97. The highest BCUT2D eigenvalue weighted by atomic mass is 35.5. The Hall–Kier alpha value is -2.51. The van der Waals surface area contributed by atoms with Crippen LogP contribution in [0.4, 0.5) is 11.6 Å². The molecule has 0 saturated carbocycles. The van der Waals surface area contributed by atoms with Crippen LogP contribution in [-0.4, -0.2) is 36.6 Å². The molecule has 0 spiro atoms. The fraction of sp³-hybridized carbons (Fsp3) is 0.333. The summed E-state index contributed by atoms with van der Waals surface area (Å²) in [6.45, 7) is 3.76. The molecule has 0 amide bonds. The average Bonchev–Trinajstić information content (AvgIpc) is 3.26. The van der Waals surface area contributed by atoms with E-state index in [1.807, 2.05) is 31.3 Å². The van der Waals surface area contributed by atoms with E-state index in [-0.39, 0.29) is 6.04 Å². The minimum atomic E-state index is 0.239. The highest BCUT2D eigenvalue weighted by Gasteiger charge is 2.27. The fourth-order valence-electron chi connectivity index (χ4n) is 3.27. The molecule has 0 aliphatic carbocycles. The van der Waals surface area contributed by atoms with Gasteiger partial charge in [0.25, 0.3) is 0 Å². The third kappa shape index (κ3) is 3.84. The van der Waals surface area contributed by atoms with Crippen LogP contribution in [0.1, 0.15) is 36.0 Å². The second kappa shape index (κ2) is 7.39. The molecule has 4 rings (SSSR count). The molecule has 7 nitrogen and oxygen atoms in total. The Morgan fingerprint density at radius 3 is 2.96 bits per heavy atom. The number of aromatic amines is 1. The lowest BCUT2D eigenvalue weighted by atomic mass is 10.1. The number of halogens is 1. The number of aryl methyl sites for hydroxylation is 1. The van der Waals surface area contributed by atoms with Crippen LogP contribution < -0.4 is 5.32 Å². The SMILES string of the molecule is Cc1cc(Nc2cncc(C3CCCN3Cc3ccc(Cl)cn3)n2)n[nH]1. The molecule has 1 unspecified atom stereocenters. The van der Waals surface area contributed by atoms with Crippen molar-refractivity contribution in [3.8, 4) is 0 Å². The van der Waals surface area contributed by atoms with Gasteiger partial charge in [-0.2, -0.15) is 5.10 Å². The van der Waals surface area contributed by atoms with Crippen LogP contribution in [0, 0.1) is 6.92 Å². The van der Waals surface area contributed by atoms with Crippen molar-refractivity contribution in [2.75, 3.05) is 11.9 Å². The molecule has 0 bridgehead atoms. The zero-order chi connectivity index (χ0) is 17.9. The van der Waals surface area contributed by atoms with Crippen molar-refractivity contribution in [2.45, 2.75) is 32.4 Å². The summed E-state index contributed by atoms with van der Waals surface area (Å²) in [4.78, 5) is 15.9. The number of hydrogen-bond acceptors (Lipinski definition) is 6. The minimum Gasteiger partial charge on any atom is -0.322 e. The summed E-state index contributed by atoms with van der Waals surface area (Å²) in [6, 6.07) is 6.03. The molecule has 0 aromatic carbocycles. The molecule has 1 aliphatic rings. The summed E-state index contributed by atoms with van der Waals surface area (Å²) >= 11 is 5.93. The van der Waals surface area contributed by atoms with Crippen molar-refractivity contribution >= 4 is 23.2 Å². The molecule has 4 heterocycles. The molecule has 3 aromatic rings. The Morgan fingerprint density at radius 2 is 2.19 bits per heavy atom. The lowest BCUT2D eigenvalue weighted by molar-refractivity contribution is 0.241. The van der Waals surface area contributed by atoms with Gasteiger partial charge in [0.1, 0.15) is 5.82 Å². The molecule has 8 heteroatoms. The molecule has 1 fully saturated rings. The van der Waals surface area contributed by atoms with Gasteiger partial charge in [0.15, 0.2) is 5.82 Å². The van der Waals surface area contributed by atoms with Crippen molar-refractivity contribution in [1.29, 1.82) is 0 Å². The van der Waals surface area contributed by atoms with Gasteiger partial charge in [0.2, 0.25) is 0 Å². The molecule has 2 N–H and O–H groups in total. The Morgan fingerprint density at radius 1 is 1.27 bits per heavy atom. The maximum atomic E-state index is 5.93. The lowest BCUT2D eigenvalue weighted by Gasteiger charge is -2.23. The first-order valence-electron chi connectivity index (χ1n) is 8.63. The predicted molar refractivity (Wildman–Crippen MR) is 100 cm³/mol. The number of nitrogens with one attached hydrogen (secondary N) is 2. The van der Waals surface area contributed by atoms with Crippen molar-refractivity contribution in [1.82, 2.24) is 30.0 Å². The summed E-state index contributed by atoms with van der Waals surface area (Å²) in [5.74, 6) is 1.44. The van der Waals surface area contributed by atoms with Gasteiger partial charge in [-0.15, -0.1) is 0 Å². The van der Waals surface area contributed by atoms with Crippen molar-refractivity contribution in [2.24, 2.45) is 0 Å². The molecular weight excluding hydrogens is 350 g/mol. The Labute approximate surface area is 156 Å². The van der Waals surface area contributed by atoms with E-state index in [1.165, 1.54) is 0 Å². The van der Waals surface area contributed by atoms with E-state index in [4.69, 9.17) is 16.6 Å². The topological polar surface area (TPSA) is 82.6 Å². The second-order valence-corrected chi connectivity index (χ2v) is 6.92. The number of likely N-dealkylation sites (tertiary alicyclic amines) is 1. The highest BCUT2D eigenvalue weighted by molar-refractivity contribution is 6.30. The third-order valence-corrected chi connectivity index (χ3v) is 4.70. The van der Waals surface area contributed by atoms with E-state index >= 15 is 0 Å². The molecule has 1 atom stereocenters. The van der Waals surface area contributed by atoms with E-state index < -0.39 is 0 Å². The normalized spacial score (nSPS) is 17.5. The molecule has 26 heavy (non-hydrogen) atoms. The van der Waals surface area contributed by atoms with Crippen LogP contribution in [0.2, 0.25) is 5.02 Å². The van der Waals surface area contributed by atoms with Crippen LogP contribution in [0.15, 0.2) is 36.8 Å². The molecule has 134 valence electrons. The van der Waals surface area contributed by atoms with Crippen LogP contribution in [0.25, 0.3) is 0 Å². The van der Waals surface area contributed by atoms with Crippen LogP contribution in [-0.2, 0) is 6.54 Å². The predicted octanol–water partition coefficient (Wildman–Crippen LogP) is 3.64. The molecular formula is C18H20ClN7. The number of aromatic nitrogens is 5. The first kappa shape index (κ1) is 16.9. The number of nitrogens with zero attached hydrogens (tertiary/aromatic N) is 5. The smallest absolute Gasteiger partial charge is 0.153 e. The summed E-state index contributed by atoms with van der Waals surface area (Å²) in [7, 11) is 0. The number of pyridine rings is 1. The van der Waals surface area contributed by atoms with Gasteiger partial charge in [-0.05, 0) is 38.4 Å². The highest BCUT2D eigenvalue weighted by Crippen LogP contribution is 2.32. The number of H-pyrrole nitrogens is 1. The van der Waals surface area contributed by atoms with E-state index in [1.54, 1.807) is 12.4 Å². The number of anilines is 2. The van der Waals surface area contributed by atoms with E-state index in [0.717, 1.165) is 48.8 Å². The Kier molecular flexibility index (Phi) is 4.81. The van der Waals surface area contributed by atoms with Crippen LogP contribution in [0.5, 0.6) is 0 Å². The zero-order valence-electron chi connectivity index (χ0n) is 14.5. The maximum absolute atomic E-state index is 5.93. The monoisotopic (exact) mass is 369 g/mol. The Balaban J connectivity index is 1.50. The van der Waals surface area contributed by atoms with Crippen molar-refractivity contribution in [3.05, 3.63) is 58.9 Å². The van der Waals surface area contributed by atoms with Gasteiger partial charge < -0.3 is 5.32 Å². The van der Waals surface area contributed by atoms with Gasteiger partial charge in [-0.25, -0.2) is 4.98 Å². The standard InChI is InChI=1S/C18H20ClN7/c1-12-7-17(25-24-12)23-18-10-20-9-15(22-18)16-3-2-6-26(16)11-14-5-4-13(19)8-21-14/h4-5,7-10,16H,2-3,6,11H2,1H3,(H2,22,23,24,25). The second-order valence-electron chi connectivity index (χ2n) is 6.49. The molecule has 0 radical (unpaired) electrons.